The minimum Gasteiger partial charge on any atom is -0.469 e. The van der Waals surface area contributed by atoms with Crippen molar-refractivity contribution in [3.05, 3.63) is 59.3 Å². The Kier molecular flexibility index (Phi) is 2.74. The number of halogens is 1. The van der Waals surface area contributed by atoms with Crippen LogP contribution in [0.3, 0.4) is 0 Å². The maximum atomic E-state index is 12.9. The van der Waals surface area contributed by atoms with Crippen molar-refractivity contribution in [3.8, 4) is 0 Å². The quantitative estimate of drug-likeness (QED) is 0.756. The zero-order valence-corrected chi connectivity index (χ0v) is 9.86. The smallest absolute Gasteiger partial charge is 0.163 e. The van der Waals surface area contributed by atoms with Crippen LogP contribution < -0.4 is 0 Å². The third-order valence-corrected chi connectivity index (χ3v) is 3.43. The van der Waals surface area contributed by atoms with Crippen molar-refractivity contribution in [3.63, 3.8) is 0 Å². The molecule has 0 N–H and O–H groups in total. The molecular weight excluding hydrogens is 231 g/mol. The largest absolute Gasteiger partial charge is 0.469 e. The van der Waals surface area contributed by atoms with E-state index in [1.54, 1.807) is 18.4 Å². The topological polar surface area (TPSA) is 26.3 Å². The molecule has 0 spiro atoms. The van der Waals surface area contributed by atoms with Crippen molar-refractivity contribution in [2.45, 2.75) is 25.2 Å². The van der Waals surface area contributed by atoms with Crippen LogP contribution in [0.25, 0.3) is 0 Å². The molecule has 1 aliphatic carbocycles. The number of hydrogen-bond acceptors (Lipinski definition) is 2. The molecule has 3 rings (SSSR count). The molecule has 1 aliphatic heterocycles. The lowest BCUT2D eigenvalue weighted by atomic mass is 9.82. The summed E-state index contributed by atoms with van der Waals surface area (Å²) in [5.74, 6) is 0.569. The van der Waals surface area contributed by atoms with Crippen LogP contribution in [0.5, 0.6) is 0 Å². The van der Waals surface area contributed by atoms with Gasteiger partial charge in [-0.25, -0.2) is 4.39 Å². The van der Waals surface area contributed by atoms with Gasteiger partial charge < -0.3 is 4.74 Å². The third kappa shape index (κ3) is 1.86. The average Bonchev–Trinajstić information content (AvgIpc) is 2.39. The minimum absolute atomic E-state index is 0.0952. The Balaban J connectivity index is 2.02. The Morgan fingerprint density at radius 1 is 1.17 bits per heavy atom. The van der Waals surface area contributed by atoms with E-state index in [2.05, 4.69) is 0 Å². The van der Waals surface area contributed by atoms with Gasteiger partial charge in [0.15, 0.2) is 5.78 Å². The Morgan fingerprint density at radius 3 is 2.72 bits per heavy atom. The monoisotopic (exact) mass is 244 g/mol. The van der Waals surface area contributed by atoms with E-state index in [-0.39, 0.29) is 17.5 Å². The number of hydrogen-bond donors (Lipinski definition) is 0. The normalized spacial score (nSPS) is 22.7. The van der Waals surface area contributed by atoms with Gasteiger partial charge in [0, 0.05) is 24.3 Å². The van der Waals surface area contributed by atoms with Gasteiger partial charge in [0.1, 0.15) is 11.6 Å². The number of ketones is 1. The lowest BCUT2D eigenvalue weighted by Crippen LogP contribution is -2.20. The van der Waals surface area contributed by atoms with Gasteiger partial charge in [-0.1, -0.05) is 12.1 Å². The number of carbonyl (C=O) groups excluding carboxylic acids is 1. The molecule has 0 bridgehead atoms. The Bertz CT molecular complexity index is 540. The molecule has 0 radical (unpaired) electrons. The summed E-state index contributed by atoms with van der Waals surface area (Å²) >= 11 is 0. The number of carbonyl (C=O) groups is 1. The van der Waals surface area contributed by atoms with Crippen LogP contribution in [0.4, 0.5) is 4.39 Å². The van der Waals surface area contributed by atoms with E-state index in [1.807, 2.05) is 6.08 Å². The Labute approximate surface area is 105 Å². The molecule has 1 atom stereocenters. The maximum Gasteiger partial charge on any atom is 0.163 e. The summed E-state index contributed by atoms with van der Waals surface area (Å²) in [6, 6.07) is 6.29. The molecule has 18 heavy (non-hydrogen) atoms. The molecule has 1 heterocycles. The summed E-state index contributed by atoms with van der Waals surface area (Å²) in [6.45, 7) is 0. The van der Waals surface area contributed by atoms with Crippen molar-refractivity contribution < 1.29 is 13.9 Å². The second-order valence-corrected chi connectivity index (χ2v) is 4.59. The van der Waals surface area contributed by atoms with Crippen molar-refractivity contribution in [1.29, 1.82) is 0 Å². The van der Waals surface area contributed by atoms with Gasteiger partial charge in [-0.2, -0.15) is 0 Å². The fourth-order valence-corrected chi connectivity index (χ4v) is 2.55. The molecule has 2 nitrogen and oxygen atoms in total. The molecular formula is C15H13FO2. The lowest BCUT2D eigenvalue weighted by molar-refractivity contribution is -0.116. The molecule has 0 aromatic heterocycles. The van der Waals surface area contributed by atoms with Crippen molar-refractivity contribution in [1.82, 2.24) is 0 Å². The molecule has 0 fully saturated rings. The van der Waals surface area contributed by atoms with Gasteiger partial charge in [-0.3, -0.25) is 4.79 Å². The van der Waals surface area contributed by atoms with E-state index in [0.29, 0.717) is 6.42 Å². The number of ether oxygens (including phenoxy) is 1. The Hall–Kier alpha value is -1.90. The highest BCUT2D eigenvalue weighted by atomic mass is 19.1. The molecule has 1 aromatic carbocycles. The van der Waals surface area contributed by atoms with Crippen LogP contribution in [0.2, 0.25) is 0 Å². The van der Waals surface area contributed by atoms with Crippen LogP contribution in [-0.4, -0.2) is 5.78 Å². The first-order chi connectivity index (χ1) is 8.75. The first-order valence-corrected chi connectivity index (χ1v) is 6.11. The van der Waals surface area contributed by atoms with Gasteiger partial charge in [-0.15, -0.1) is 0 Å². The third-order valence-electron chi connectivity index (χ3n) is 3.43. The fraction of sp³-hybridized carbons (Fsp3) is 0.267. The van der Waals surface area contributed by atoms with E-state index < -0.39 is 0 Å². The van der Waals surface area contributed by atoms with Crippen LogP contribution in [0, 0.1) is 5.82 Å². The highest BCUT2D eigenvalue weighted by Gasteiger charge is 2.30. The number of allylic oxidation sites excluding steroid dienone is 3. The molecule has 92 valence electrons. The van der Waals surface area contributed by atoms with E-state index in [9.17, 15) is 9.18 Å². The van der Waals surface area contributed by atoms with Crippen molar-refractivity contribution >= 4 is 5.78 Å². The zero-order valence-electron chi connectivity index (χ0n) is 9.86. The van der Waals surface area contributed by atoms with Gasteiger partial charge in [0.25, 0.3) is 0 Å². The van der Waals surface area contributed by atoms with Crippen molar-refractivity contribution in [2.24, 2.45) is 0 Å². The zero-order chi connectivity index (χ0) is 12.5. The molecule has 0 amide bonds. The van der Waals surface area contributed by atoms with E-state index >= 15 is 0 Å². The first-order valence-electron chi connectivity index (χ1n) is 6.11. The predicted octanol–water partition coefficient (Wildman–Crippen LogP) is 3.46. The molecule has 1 unspecified atom stereocenters. The minimum atomic E-state index is -0.265. The number of benzene rings is 1. The summed E-state index contributed by atoms with van der Waals surface area (Å²) in [7, 11) is 0. The average molecular weight is 244 g/mol. The molecule has 0 saturated carbocycles. The second kappa shape index (κ2) is 4.41. The molecule has 3 heteroatoms. The summed E-state index contributed by atoms with van der Waals surface area (Å²) in [4.78, 5) is 12.0. The van der Waals surface area contributed by atoms with E-state index in [0.717, 1.165) is 29.7 Å². The second-order valence-electron chi connectivity index (χ2n) is 4.59. The van der Waals surface area contributed by atoms with Gasteiger partial charge >= 0.3 is 0 Å². The summed E-state index contributed by atoms with van der Waals surface area (Å²) in [5.41, 5.74) is 1.68. The predicted molar refractivity (Wildman–Crippen MR) is 65.3 cm³/mol. The molecule has 0 saturated heterocycles. The number of Topliss-reactive ketones (excluding diaryl/α,β-unsaturated/α-hetero) is 1. The Morgan fingerprint density at radius 2 is 1.94 bits per heavy atom. The van der Waals surface area contributed by atoms with Crippen molar-refractivity contribution in [2.75, 3.05) is 0 Å². The van der Waals surface area contributed by atoms with Crippen LogP contribution >= 0.6 is 0 Å². The van der Waals surface area contributed by atoms with Crippen LogP contribution in [-0.2, 0) is 9.53 Å². The van der Waals surface area contributed by atoms with E-state index in [1.165, 1.54) is 12.1 Å². The van der Waals surface area contributed by atoms with E-state index in [4.69, 9.17) is 4.74 Å². The SMILES string of the molecule is O=C1CCCC2=C1C(c1ccc(F)cc1)C=CO2. The summed E-state index contributed by atoms with van der Waals surface area (Å²) in [5, 5.41) is 0. The van der Waals surface area contributed by atoms with Crippen LogP contribution in [0.15, 0.2) is 47.9 Å². The summed E-state index contributed by atoms with van der Waals surface area (Å²) in [6.07, 6.45) is 5.72. The van der Waals surface area contributed by atoms with Crippen LogP contribution in [0.1, 0.15) is 30.7 Å². The standard InChI is InChI=1S/C15H13FO2/c16-11-6-4-10(5-7-11)12-8-9-18-14-3-1-2-13(17)15(12)14/h4-9,12H,1-3H2. The molecule has 1 aromatic rings. The molecule has 2 aliphatic rings. The lowest BCUT2D eigenvalue weighted by Gasteiger charge is -2.27. The number of rotatable bonds is 1. The summed E-state index contributed by atoms with van der Waals surface area (Å²) < 4.78 is 18.4. The van der Waals surface area contributed by atoms with Gasteiger partial charge in [-0.05, 0) is 30.2 Å². The maximum absolute atomic E-state index is 12.9. The fourth-order valence-electron chi connectivity index (χ4n) is 2.55. The van der Waals surface area contributed by atoms with Gasteiger partial charge in [0.05, 0.1) is 6.26 Å². The highest BCUT2D eigenvalue weighted by molar-refractivity contribution is 5.98. The van der Waals surface area contributed by atoms with Gasteiger partial charge in [0.2, 0.25) is 0 Å². The first kappa shape index (κ1) is 11.2. The highest BCUT2D eigenvalue weighted by Crippen LogP contribution is 2.37.